The smallest absolute Gasteiger partial charge is 0.164 e. The Hall–Kier alpha value is -1.46. The lowest BCUT2D eigenvalue weighted by Gasteiger charge is -2.20. The third-order valence-electron chi connectivity index (χ3n) is 2.94. The number of halogens is 1. The van der Waals surface area contributed by atoms with Crippen LogP contribution in [0.3, 0.4) is 0 Å². The lowest BCUT2D eigenvalue weighted by molar-refractivity contribution is 0.0572. The minimum absolute atomic E-state index is 0.00815. The second-order valence-electron chi connectivity index (χ2n) is 4.23. The molecule has 1 aliphatic rings. The maximum Gasteiger partial charge on any atom is 0.164 e. The summed E-state index contributed by atoms with van der Waals surface area (Å²) < 4.78 is 13.6. The SMILES string of the molecule is CC(=O)c1c(F)cccc1N1CC(O)C(O)C1. The summed E-state index contributed by atoms with van der Waals surface area (Å²) in [5, 5.41) is 18.9. The number of carbonyl (C=O) groups excluding carboxylic acids is 1. The maximum atomic E-state index is 13.6. The van der Waals surface area contributed by atoms with Gasteiger partial charge in [-0.25, -0.2) is 4.39 Å². The number of aliphatic hydroxyl groups is 2. The molecule has 0 aromatic heterocycles. The summed E-state index contributed by atoms with van der Waals surface area (Å²) in [6.45, 7) is 1.70. The summed E-state index contributed by atoms with van der Waals surface area (Å²) >= 11 is 0. The highest BCUT2D eigenvalue weighted by Crippen LogP contribution is 2.27. The average molecular weight is 239 g/mol. The molecular formula is C12H14FNO3. The van der Waals surface area contributed by atoms with E-state index in [4.69, 9.17) is 0 Å². The van der Waals surface area contributed by atoms with Gasteiger partial charge in [0.1, 0.15) is 5.82 Å². The normalized spacial score (nSPS) is 24.1. The number of benzene rings is 1. The van der Waals surface area contributed by atoms with E-state index in [0.29, 0.717) is 5.69 Å². The molecule has 0 amide bonds. The Bertz CT molecular complexity index is 439. The summed E-state index contributed by atoms with van der Waals surface area (Å²) in [5.41, 5.74) is 0.432. The third-order valence-corrected chi connectivity index (χ3v) is 2.94. The highest BCUT2D eigenvalue weighted by Gasteiger charge is 2.31. The Balaban J connectivity index is 2.39. The fraction of sp³-hybridized carbons (Fsp3) is 0.417. The summed E-state index contributed by atoms with van der Waals surface area (Å²) in [6, 6.07) is 4.35. The van der Waals surface area contributed by atoms with Crippen molar-refractivity contribution < 1.29 is 19.4 Å². The van der Waals surface area contributed by atoms with E-state index in [0.717, 1.165) is 0 Å². The number of nitrogens with zero attached hydrogens (tertiary/aromatic N) is 1. The van der Waals surface area contributed by atoms with E-state index >= 15 is 0 Å². The van der Waals surface area contributed by atoms with E-state index in [1.54, 1.807) is 11.0 Å². The molecule has 1 aromatic rings. The fourth-order valence-corrected chi connectivity index (χ4v) is 2.09. The Morgan fingerprint density at radius 1 is 1.35 bits per heavy atom. The van der Waals surface area contributed by atoms with Crippen LogP contribution >= 0.6 is 0 Å². The first-order valence-electron chi connectivity index (χ1n) is 5.41. The topological polar surface area (TPSA) is 60.8 Å². The average Bonchev–Trinajstić information content (AvgIpc) is 2.58. The van der Waals surface area contributed by atoms with Gasteiger partial charge in [0.2, 0.25) is 0 Å². The Morgan fingerprint density at radius 3 is 2.47 bits per heavy atom. The van der Waals surface area contributed by atoms with Crippen molar-refractivity contribution >= 4 is 11.5 Å². The van der Waals surface area contributed by atoms with Crippen molar-refractivity contribution in [3.8, 4) is 0 Å². The number of anilines is 1. The summed E-state index contributed by atoms with van der Waals surface area (Å²) in [6.07, 6.45) is -1.73. The summed E-state index contributed by atoms with van der Waals surface area (Å²) in [4.78, 5) is 13.0. The minimum Gasteiger partial charge on any atom is -0.389 e. The van der Waals surface area contributed by atoms with Gasteiger partial charge in [-0.15, -0.1) is 0 Å². The van der Waals surface area contributed by atoms with E-state index in [-0.39, 0.29) is 24.4 Å². The van der Waals surface area contributed by atoms with Gasteiger partial charge in [-0.3, -0.25) is 4.79 Å². The molecule has 2 N–H and O–H groups in total. The number of carbonyl (C=O) groups is 1. The van der Waals surface area contributed by atoms with Crippen LogP contribution in [-0.4, -0.2) is 41.3 Å². The molecule has 2 atom stereocenters. The van der Waals surface area contributed by atoms with Crippen LogP contribution in [0.25, 0.3) is 0 Å². The van der Waals surface area contributed by atoms with Crippen LogP contribution in [0.1, 0.15) is 17.3 Å². The molecule has 0 spiro atoms. The fourth-order valence-electron chi connectivity index (χ4n) is 2.09. The first kappa shape index (κ1) is 12.0. The van der Waals surface area contributed by atoms with Gasteiger partial charge >= 0.3 is 0 Å². The zero-order valence-electron chi connectivity index (χ0n) is 9.43. The summed E-state index contributed by atoms with van der Waals surface area (Å²) in [5.74, 6) is -0.945. The number of aliphatic hydroxyl groups excluding tert-OH is 2. The largest absolute Gasteiger partial charge is 0.389 e. The van der Waals surface area contributed by atoms with Gasteiger partial charge in [-0.05, 0) is 19.1 Å². The third kappa shape index (κ3) is 2.16. The molecule has 4 nitrogen and oxygen atoms in total. The first-order valence-corrected chi connectivity index (χ1v) is 5.41. The number of β-amino-alcohol motifs (C(OH)–C–C–N with tert-alkyl or cyclic N) is 2. The number of rotatable bonds is 2. The lowest BCUT2D eigenvalue weighted by atomic mass is 10.1. The molecule has 0 radical (unpaired) electrons. The van der Waals surface area contributed by atoms with Crippen LogP contribution in [0.2, 0.25) is 0 Å². The van der Waals surface area contributed by atoms with Crippen molar-refractivity contribution in [2.75, 3.05) is 18.0 Å². The molecule has 92 valence electrons. The van der Waals surface area contributed by atoms with E-state index in [2.05, 4.69) is 0 Å². The van der Waals surface area contributed by atoms with Crippen molar-refractivity contribution in [1.29, 1.82) is 0 Å². The molecule has 1 fully saturated rings. The van der Waals surface area contributed by atoms with E-state index in [1.807, 2.05) is 0 Å². The zero-order chi connectivity index (χ0) is 12.6. The van der Waals surface area contributed by atoms with Crippen LogP contribution in [0.4, 0.5) is 10.1 Å². The monoisotopic (exact) mass is 239 g/mol. The molecule has 1 aromatic carbocycles. The zero-order valence-corrected chi connectivity index (χ0v) is 9.43. The van der Waals surface area contributed by atoms with Gasteiger partial charge in [0.05, 0.1) is 23.5 Å². The van der Waals surface area contributed by atoms with Crippen molar-refractivity contribution in [2.45, 2.75) is 19.1 Å². The van der Waals surface area contributed by atoms with Crippen molar-refractivity contribution in [3.05, 3.63) is 29.6 Å². The molecule has 2 rings (SSSR count). The number of hydrogen-bond acceptors (Lipinski definition) is 4. The number of Topliss-reactive ketones (excluding diaryl/α,β-unsaturated/α-hetero) is 1. The predicted molar refractivity (Wildman–Crippen MR) is 60.6 cm³/mol. The van der Waals surface area contributed by atoms with Crippen molar-refractivity contribution in [3.63, 3.8) is 0 Å². The Morgan fingerprint density at radius 2 is 1.94 bits per heavy atom. The standard InChI is InChI=1S/C12H14FNO3/c1-7(15)12-8(13)3-2-4-9(12)14-5-10(16)11(17)6-14/h2-4,10-11,16-17H,5-6H2,1H3. The van der Waals surface area contributed by atoms with Crippen LogP contribution < -0.4 is 4.90 Å². The summed E-state index contributed by atoms with van der Waals surface area (Å²) in [7, 11) is 0. The van der Waals surface area contributed by atoms with Crippen LogP contribution in [0, 0.1) is 5.82 Å². The predicted octanol–water partition coefficient (Wildman–Crippen LogP) is 0.570. The molecule has 5 heteroatoms. The van der Waals surface area contributed by atoms with Gasteiger partial charge in [0, 0.05) is 13.1 Å². The molecular weight excluding hydrogens is 225 g/mol. The van der Waals surface area contributed by atoms with Crippen LogP contribution in [-0.2, 0) is 0 Å². The molecule has 1 heterocycles. The van der Waals surface area contributed by atoms with Crippen LogP contribution in [0.5, 0.6) is 0 Å². The number of hydrogen-bond donors (Lipinski definition) is 2. The van der Waals surface area contributed by atoms with Crippen LogP contribution in [0.15, 0.2) is 18.2 Å². The van der Waals surface area contributed by atoms with Gasteiger partial charge in [-0.2, -0.15) is 0 Å². The van der Waals surface area contributed by atoms with Gasteiger partial charge in [-0.1, -0.05) is 6.07 Å². The highest BCUT2D eigenvalue weighted by molar-refractivity contribution is 6.00. The molecule has 0 bridgehead atoms. The first-order chi connectivity index (χ1) is 8.00. The van der Waals surface area contributed by atoms with Crippen molar-refractivity contribution in [2.24, 2.45) is 0 Å². The second kappa shape index (κ2) is 4.43. The minimum atomic E-state index is -0.863. The highest BCUT2D eigenvalue weighted by atomic mass is 19.1. The molecule has 17 heavy (non-hydrogen) atoms. The lowest BCUT2D eigenvalue weighted by Crippen LogP contribution is -2.23. The Labute approximate surface area is 98.3 Å². The quantitative estimate of drug-likeness (QED) is 0.741. The Kier molecular flexibility index (Phi) is 3.13. The number of ketones is 1. The maximum absolute atomic E-state index is 13.6. The van der Waals surface area contributed by atoms with Gasteiger partial charge < -0.3 is 15.1 Å². The van der Waals surface area contributed by atoms with E-state index in [9.17, 15) is 19.4 Å². The molecule has 0 aliphatic carbocycles. The van der Waals surface area contributed by atoms with E-state index < -0.39 is 18.0 Å². The van der Waals surface area contributed by atoms with Gasteiger partial charge in [0.25, 0.3) is 0 Å². The molecule has 1 aliphatic heterocycles. The molecule has 1 saturated heterocycles. The second-order valence-corrected chi connectivity index (χ2v) is 4.23. The molecule has 2 unspecified atom stereocenters. The molecule has 0 saturated carbocycles. The van der Waals surface area contributed by atoms with Gasteiger partial charge in [0.15, 0.2) is 5.78 Å². The van der Waals surface area contributed by atoms with Crippen molar-refractivity contribution in [1.82, 2.24) is 0 Å². The van der Waals surface area contributed by atoms with E-state index in [1.165, 1.54) is 19.1 Å².